The summed E-state index contributed by atoms with van der Waals surface area (Å²) in [7, 11) is -3.59. The normalized spacial score (nSPS) is 13.5. The van der Waals surface area contributed by atoms with Crippen LogP contribution in [0.25, 0.3) is 0 Å². The Labute approximate surface area is 219 Å². The van der Waals surface area contributed by atoms with E-state index in [9.17, 15) is 18.0 Å². The Balaban J connectivity index is 1.34. The number of benzene rings is 2. The molecule has 2 amide bonds. The Bertz CT molecular complexity index is 1340. The van der Waals surface area contributed by atoms with Gasteiger partial charge in [-0.3, -0.25) is 14.9 Å². The van der Waals surface area contributed by atoms with Gasteiger partial charge in [0.2, 0.25) is 21.1 Å². The molecule has 0 radical (unpaired) electrons. The summed E-state index contributed by atoms with van der Waals surface area (Å²) in [6, 6.07) is 13.7. The number of rotatable bonds is 9. The van der Waals surface area contributed by atoms with Crippen molar-refractivity contribution in [3.8, 4) is 0 Å². The Kier molecular flexibility index (Phi) is 8.39. The summed E-state index contributed by atoms with van der Waals surface area (Å²) in [4.78, 5) is 27.4. The highest BCUT2D eigenvalue weighted by Gasteiger charge is 2.23. The number of fused-ring (bicyclic) bond motifs is 1. The fraction of sp³-hybridized carbons (Fsp3) is 0.333. The van der Waals surface area contributed by atoms with Crippen LogP contribution in [0.15, 0.2) is 57.8 Å². The molecule has 1 aromatic heterocycles. The molecule has 2 heterocycles. The van der Waals surface area contributed by atoms with E-state index in [2.05, 4.69) is 21.6 Å². The molecular weight excluding hydrogens is 518 g/mol. The van der Waals surface area contributed by atoms with Crippen molar-refractivity contribution in [2.45, 2.75) is 35.9 Å². The topological polar surface area (TPSA) is 113 Å². The zero-order valence-corrected chi connectivity index (χ0v) is 22.5. The monoisotopic (exact) mass is 545 g/mol. The molecule has 0 unspecified atom stereocenters. The van der Waals surface area contributed by atoms with Crippen molar-refractivity contribution in [1.29, 1.82) is 0 Å². The second-order valence-corrected chi connectivity index (χ2v) is 12.1. The predicted molar refractivity (Wildman–Crippen MR) is 142 cm³/mol. The molecule has 9 nitrogen and oxygen atoms in total. The molecule has 190 valence electrons. The van der Waals surface area contributed by atoms with E-state index in [1.165, 1.54) is 57.2 Å². The van der Waals surface area contributed by atoms with Crippen LogP contribution >= 0.6 is 23.1 Å². The molecule has 1 aliphatic rings. The largest absolute Gasteiger partial charge is 0.311 e. The van der Waals surface area contributed by atoms with Crippen LogP contribution in [-0.2, 0) is 21.2 Å². The Morgan fingerprint density at radius 3 is 2.53 bits per heavy atom. The first-order valence-electron chi connectivity index (χ1n) is 11.6. The SMILES string of the molecule is CCN(CC)S(=O)(=O)c1ccc(C(=O)Nc2nnc(SCC(=O)N3CCCc4ccccc43)s2)cc1. The van der Waals surface area contributed by atoms with Crippen molar-refractivity contribution < 1.29 is 18.0 Å². The molecule has 0 bridgehead atoms. The van der Waals surface area contributed by atoms with Gasteiger partial charge in [-0.1, -0.05) is 55.1 Å². The van der Waals surface area contributed by atoms with Crippen molar-refractivity contribution in [1.82, 2.24) is 14.5 Å². The maximum atomic E-state index is 12.8. The minimum absolute atomic E-state index is 0.00712. The van der Waals surface area contributed by atoms with Crippen LogP contribution in [-0.4, -0.2) is 60.1 Å². The average Bonchev–Trinajstić information content (AvgIpc) is 3.34. The molecule has 1 N–H and O–H groups in total. The highest BCUT2D eigenvalue weighted by Crippen LogP contribution is 2.30. The maximum absolute atomic E-state index is 12.8. The van der Waals surface area contributed by atoms with E-state index in [1.807, 2.05) is 23.1 Å². The Morgan fingerprint density at radius 1 is 1.08 bits per heavy atom. The van der Waals surface area contributed by atoms with Gasteiger partial charge < -0.3 is 4.90 Å². The molecule has 36 heavy (non-hydrogen) atoms. The molecule has 4 rings (SSSR count). The molecule has 1 aliphatic heterocycles. The van der Waals surface area contributed by atoms with Crippen LogP contribution in [0.3, 0.4) is 0 Å². The van der Waals surface area contributed by atoms with Gasteiger partial charge in [0.25, 0.3) is 5.91 Å². The van der Waals surface area contributed by atoms with E-state index < -0.39 is 15.9 Å². The maximum Gasteiger partial charge on any atom is 0.257 e. The molecule has 0 aliphatic carbocycles. The van der Waals surface area contributed by atoms with E-state index >= 15 is 0 Å². The number of thioether (sulfide) groups is 1. The van der Waals surface area contributed by atoms with E-state index in [-0.39, 0.29) is 16.6 Å². The average molecular weight is 546 g/mol. The minimum atomic E-state index is -3.59. The van der Waals surface area contributed by atoms with Crippen LogP contribution < -0.4 is 10.2 Å². The fourth-order valence-corrected chi connectivity index (χ4v) is 7.05. The third-order valence-electron chi connectivity index (χ3n) is 5.82. The number of carbonyl (C=O) groups is 2. The number of para-hydroxylation sites is 1. The van der Waals surface area contributed by atoms with Gasteiger partial charge in [0.1, 0.15) is 0 Å². The number of nitrogens with one attached hydrogen (secondary N) is 1. The van der Waals surface area contributed by atoms with Crippen LogP contribution in [0.2, 0.25) is 0 Å². The van der Waals surface area contributed by atoms with Crippen LogP contribution in [0.1, 0.15) is 36.2 Å². The number of aryl methyl sites for hydroxylation is 1. The molecule has 12 heteroatoms. The van der Waals surface area contributed by atoms with Gasteiger partial charge in [-0.25, -0.2) is 8.42 Å². The van der Waals surface area contributed by atoms with Crippen LogP contribution in [0, 0.1) is 0 Å². The first-order chi connectivity index (χ1) is 17.3. The van der Waals surface area contributed by atoms with Gasteiger partial charge in [-0.2, -0.15) is 4.31 Å². The summed E-state index contributed by atoms with van der Waals surface area (Å²) >= 11 is 2.47. The van der Waals surface area contributed by atoms with E-state index in [0.29, 0.717) is 34.7 Å². The van der Waals surface area contributed by atoms with E-state index in [0.717, 1.165) is 18.5 Å². The number of nitrogens with zero attached hydrogens (tertiary/aromatic N) is 4. The lowest BCUT2D eigenvalue weighted by Crippen LogP contribution is -2.36. The van der Waals surface area contributed by atoms with Crippen molar-refractivity contribution >= 4 is 55.8 Å². The van der Waals surface area contributed by atoms with Gasteiger partial charge in [-0.05, 0) is 48.7 Å². The first kappa shape index (κ1) is 26.3. The number of anilines is 2. The molecule has 2 aromatic carbocycles. The third-order valence-corrected chi connectivity index (χ3v) is 9.84. The molecule has 0 atom stereocenters. The van der Waals surface area contributed by atoms with E-state index in [4.69, 9.17) is 0 Å². The highest BCUT2D eigenvalue weighted by molar-refractivity contribution is 8.01. The zero-order valence-electron chi connectivity index (χ0n) is 20.0. The molecule has 0 spiro atoms. The van der Waals surface area contributed by atoms with E-state index in [1.54, 1.807) is 13.8 Å². The van der Waals surface area contributed by atoms with Gasteiger partial charge in [0.05, 0.1) is 10.6 Å². The molecule has 0 fully saturated rings. The lowest BCUT2D eigenvalue weighted by Gasteiger charge is -2.29. The predicted octanol–water partition coefficient (Wildman–Crippen LogP) is 3.89. The Morgan fingerprint density at radius 2 is 1.81 bits per heavy atom. The molecule has 0 saturated carbocycles. The number of carbonyl (C=O) groups excluding carboxylic acids is 2. The van der Waals surface area contributed by atoms with Crippen LogP contribution in [0.4, 0.5) is 10.8 Å². The van der Waals surface area contributed by atoms with Gasteiger partial charge in [0.15, 0.2) is 4.34 Å². The fourth-order valence-electron chi connectivity index (χ4n) is 3.97. The van der Waals surface area contributed by atoms with Gasteiger partial charge in [-0.15, -0.1) is 10.2 Å². The molecular formula is C24H27N5O4S3. The lowest BCUT2D eigenvalue weighted by atomic mass is 10.0. The van der Waals surface area contributed by atoms with Gasteiger partial charge >= 0.3 is 0 Å². The molecule has 3 aromatic rings. The third kappa shape index (κ3) is 5.77. The quantitative estimate of drug-likeness (QED) is 0.321. The first-order valence-corrected chi connectivity index (χ1v) is 14.8. The number of hydrogen-bond donors (Lipinski definition) is 1. The molecule has 0 saturated heterocycles. The highest BCUT2D eigenvalue weighted by atomic mass is 32.2. The number of amides is 2. The zero-order chi connectivity index (χ0) is 25.7. The number of aromatic nitrogens is 2. The van der Waals surface area contributed by atoms with Crippen molar-refractivity contribution in [3.63, 3.8) is 0 Å². The summed E-state index contributed by atoms with van der Waals surface area (Å²) in [6.45, 7) is 4.99. The summed E-state index contributed by atoms with van der Waals surface area (Å²) in [5.74, 6) is -0.192. The second kappa shape index (κ2) is 11.5. The smallest absolute Gasteiger partial charge is 0.257 e. The minimum Gasteiger partial charge on any atom is -0.311 e. The van der Waals surface area contributed by atoms with Crippen molar-refractivity contribution in [3.05, 3.63) is 59.7 Å². The Hall–Kier alpha value is -2.80. The summed E-state index contributed by atoms with van der Waals surface area (Å²) in [5, 5.41) is 11.1. The van der Waals surface area contributed by atoms with Crippen molar-refractivity contribution in [2.24, 2.45) is 0 Å². The number of hydrogen-bond acceptors (Lipinski definition) is 8. The summed E-state index contributed by atoms with van der Waals surface area (Å²) in [5.41, 5.74) is 2.45. The van der Waals surface area contributed by atoms with Crippen molar-refractivity contribution in [2.75, 3.05) is 35.6 Å². The summed E-state index contributed by atoms with van der Waals surface area (Å²) in [6.07, 6.45) is 1.91. The second-order valence-electron chi connectivity index (χ2n) is 8.01. The lowest BCUT2D eigenvalue weighted by molar-refractivity contribution is -0.116. The van der Waals surface area contributed by atoms with Crippen LogP contribution in [0.5, 0.6) is 0 Å². The standard InChI is InChI=1S/C24H27N5O4S3/c1-3-28(4-2)36(32,33)19-13-11-18(12-14-19)22(31)25-23-26-27-24(35-23)34-16-21(30)29-15-7-9-17-8-5-6-10-20(17)29/h5-6,8,10-14H,3-4,7,9,15-16H2,1-2H3,(H,25,26,31). The summed E-state index contributed by atoms with van der Waals surface area (Å²) < 4.78 is 27.2. The van der Waals surface area contributed by atoms with Gasteiger partial charge in [0, 0.05) is 30.9 Å². The number of sulfonamides is 1.